The van der Waals surface area contributed by atoms with Gasteiger partial charge in [0.25, 0.3) is 0 Å². The van der Waals surface area contributed by atoms with Crippen LogP contribution in [0.1, 0.15) is 25.5 Å². The van der Waals surface area contributed by atoms with Crippen molar-refractivity contribution in [2.75, 3.05) is 6.61 Å². The molecule has 1 atom stereocenters. The molecule has 0 radical (unpaired) electrons. The maximum Gasteiger partial charge on any atom is 0.166 e. The molecule has 3 heterocycles. The Bertz CT molecular complexity index is 1050. The summed E-state index contributed by atoms with van der Waals surface area (Å²) in [5.41, 5.74) is 4.60. The molecule has 5 heteroatoms. The van der Waals surface area contributed by atoms with Gasteiger partial charge in [-0.15, -0.1) is 0 Å². The van der Waals surface area contributed by atoms with Crippen LogP contribution in [0.15, 0.2) is 67.0 Å². The highest BCUT2D eigenvalue weighted by molar-refractivity contribution is 5.89. The molecule has 0 N–H and O–H groups in total. The summed E-state index contributed by atoms with van der Waals surface area (Å²) in [5.74, 6) is 0.884. The van der Waals surface area contributed by atoms with E-state index in [-0.39, 0.29) is 6.23 Å². The summed E-state index contributed by atoms with van der Waals surface area (Å²) in [6, 6.07) is 20.4. The van der Waals surface area contributed by atoms with Crippen LogP contribution >= 0.6 is 0 Å². The Morgan fingerprint density at radius 2 is 1.59 bits per heavy atom. The number of ether oxygens (including phenoxy) is 1. The lowest BCUT2D eigenvalue weighted by molar-refractivity contribution is -0.0287. The molecule has 0 spiro atoms. The topological polar surface area (TPSA) is 52.8 Å². The fraction of sp³-hybridized carbons (Fsp3) is 0.227. The summed E-state index contributed by atoms with van der Waals surface area (Å²) in [4.78, 5) is 14.1. The maximum atomic E-state index is 6.10. The van der Waals surface area contributed by atoms with Gasteiger partial charge >= 0.3 is 0 Å². The number of fused-ring (bicyclic) bond motifs is 1. The molecule has 1 unspecified atom stereocenters. The largest absolute Gasteiger partial charge is 0.358 e. The van der Waals surface area contributed by atoms with Crippen molar-refractivity contribution in [1.29, 1.82) is 0 Å². The van der Waals surface area contributed by atoms with E-state index in [1.165, 1.54) is 0 Å². The van der Waals surface area contributed by atoms with Crippen molar-refractivity contribution in [1.82, 2.24) is 19.5 Å². The van der Waals surface area contributed by atoms with Gasteiger partial charge in [0, 0.05) is 17.7 Å². The molecule has 27 heavy (non-hydrogen) atoms. The van der Waals surface area contributed by atoms with Crippen LogP contribution in [0.3, 0.4) is 0 Å². The van der Waals surface area contributed by atoms with Gasteiger partial charge in [0.15, 0.2) is 5.65 Å². The Hall–Kier alpha value is -3.05. The molecule has 2 aromatic carbocycles. The van der Waals surface area contributed by atoms with Crippen LogP contribution in [-0.2, 0) is 4.74 Å². The molecule has 134 valence electrons. The average Bonchev–Trinajstić information content (AvgIpc) is 3.15. The van der Waals surface area contributed by atoms with Crippen LogP contribution in [0.2, 0.25) is 0 Å². The number of aromatic nitrogens is 4. The molecule has 1 fully saturated rings. The molecule has 5 nitrogen and oxygen atoms in total. The third-order valence-electron chi connectivity index (χ3n) is 5.00. The first kappa shape index (κ1) is 16.1. The molecule has 4 aromatic rings. The van der Waals surface area contributed by atoms with Gasteiger partial charge in [-0.25, -0.2) is 15.0 Å². The maximum absolute atomic E-state index is 6.10. The van der Waals surface area contributed by atoms with Crippen LogP contribution in [0, 0.1) is 0 Å². The lowest BCUT2D eigenvalue weighted by atomic mass is 10.1. The Balaban J connectivity index is 1.77. The van der Waals surface area contributed by atoms with Gasteiger partial charge in [0.1, 0.15) is 29.6 Å². The van der Waals surface area contributed by atoms with E-state index in [4.69, 9.17) is 9.72 Å². The number of rotatable bonds is 3. The first-order valence-corrected chi connectivity index (χ1v) is 9.37. The molecule has 0 bridgehead atoms. The second-order valence-corrected chi connectivity index (χ2v) is 6.75. The highest BCUT2D eigenvalue weighted by atomic mass is 16.5. The van der Waals surface area contributed by atoms with E-state index >= 15 is 0 Å². The average molecular weight is 356 g/mol. The van der Waals surface area contributed by atoms with Crippen molar-refractivity contribution >= 4 is 11.2 Å². The minimum atomic E-state index is -0.0440. The van der Waals surface area contributed by atoms with Crippen LogP contribution < -0.4 is 0 Å². The van der Waals surface area contributed by atoms with Gasteiger partial charge in [0.05, 0.1) is 0 Å². The Morgan fingerprint density at radius 1 is 0.852 bits per heavy atom. The summed E-state index contributed by atoms with van der Waals surface area (Å²) in [6.45, 7) is 0.773. The predicted molar refractivity (Wildman–Crippen MR) is 105 cm³/mol. The standard InChI is InChI=1S/C22H20N4O/c1-3-9-16(10-4-1)19-20-22(24-15-23-19)26(18-13-7-8-14-27-18)21(25-20)17-11-5-2-6-12-17/h1-6,9-12,15,18H,7-8,13-14H2. The number of hydrogen-bond acceptors (Lipinski definition) is 4. The lowest BCUT2D eigenvalue weighted by Gasteiger charge is -2.25. The minimum absolute atomic E-state index is 0.0440. The molecule has 1 aliphatic heterocycles. The smallest absolute Gasteiger partial charge is 0.166 e. The van der Waals surface area contributed by atoms with Gasteiger partial charge in [-0.1, -0.05) is 60.7 Å². The van der Waals surface area contributed by atoms with E-state index in [0.717, 1.165) is 59.7 Å². The van der Waals surface area contributed by atoms with Crippen LogP contribution in [0.5, 0.6) is 0 Å². The summed E-state index contributed by atoms with van der Waals surface area (Å²) >= 11 is 0. The summed E-state index contributed by atoms with van der Waals surface area (Å²) in [5, 5.41) is 0. The SMILES string of the molecule is c1ccc(-c2ncnc3c2nc(-c2ccccc2)n3C2CCCCO2)cc1. The van der Waals surface area contributed by atoms with Crippen molar-refractivity contribution in [2.24, 2.45) is 0 Å². The predicted octanol–water partition coefficient (Wildman–Crippen LogP) is 4.86. The molecule has 5 rings (SSSR count). The fourth-order valence-electron chi connectivity index (χ4n) is 3.71. The molecular formula is C22H20N4O. The van der Waals surface area contributed by atoms with Gasteiger partial charge < -0.3 is 4.74 Å². The highest BCUT2D eigenvalue weighted by Crippen LogP contribution is 2.34. The van der Waals surface area contributed by atoms with Crippen LogP contribution in [0.4, 0.5) is 0 Å². The highest BCUT2D eigenvalue weighted by Gasteiger charge is 2.25. The zero-order chi connectivity index (χ0) is 18.1. The lowest BCUT2D eigenvalue weighted by Crippen LogP contribution is -2.19. The quantitative estimate of drug-likeness (QED) is 0.526. The van der Waals surface area contributed by atoms with Gasteiger partial charge in [-0.2, -0.15) is 0 Å². The number of nitrogens with zero attached hydrogens (tertiary/aromatic N) is 4. The van der Waals surface area contributed by atoms with E-state index in [1.807, 2.05) is 36.4 Å². The molecule has 1 aliphatic rings. The summed E-state index contributed by atoms with van der Waals surface area (Å²) in [7, 11) is 0. The van der Waals surface area contributed by atoms with Crippen molar-refractivity contribution in [3.8, 4) is 22.6 Å². The zero-order valence-electron chi connectivity index (χ0n) is 15.0. The molecular weight excluding hydrogens is 336 g/mol. The van der Waals surface area contributed by atoms with Gasteiger partial charge in [0.2, 0.25) is 0 Å². The summed E-state index contributed by atoms with van der Waals surface area (Å²) in [6.07, 6.45) is 4.80. The Morgan fingerprint density at radius 3 is 2.30 bits per heavy atom. The van der Waals surface area contributed by atoms with Crippen molar-refractivity contribution < 1.29 is 4.74 Å². The second-order valence-electron chi connectivity index (χ2n) is 6.75. The molecule has 2 aromatic heterocycles. The normalized spacial score (nSPS) is 17.3. The fourth-order valence-corrected chi connectivity index (χ4v) is 3.71. The molecule has 0 amide bonds. The van der Waals surface area contributed by atoms with Crippen molar-refractivity contribution in [2.45, 2.75) is 25.5 Å². The van der Waals surface area contributed by atoms with Crippen LogP contribution in [0.25, 0.3) is 33.8 Å². The second kappa shape index (κ2) is 6.93. The molecule has 0 aliphatic carbocycles. The first-order valence-electron chi connectivity index (χ1n) is 9.37. The molecule has 1 saturated heterocycles. The van der Waals surface area contributed by atoms with Gasteiger partial charge in [-0.05, 0) is 19.3 Å². The zero-order valence-corrected chi connectivity index (χ0v) is 15.0. The van der Waals surface area contributed by atoms with E-state index in [2.05, 4.69) is 38.8 Å². The van der Waals surface area contributed by atoms with Crippen molar-refractivity contribution in [3.05, 3.63) is 67.0 Å². The monoisotopic (exact) mass is 356 g/mol. The first-order chi connectivity index (χ1) is 13.4. The number of benzene rings is 2. The van der Waals surface area contributed by atoms with E-state index < -0.39 is 0 Å². The Labute approximate surface area is 157 Å². The van der Waals surface area contributed by atoms with Crippen LogP contribution in [-0.4, -0.2) is 26.1 Å². The number of hydrogen-bond donors (Lipinski definition) is 0. The van der Waals surface area contributed by atoms with E-state index in [9.17, 15) is 0 Å². The van der Waals surface area contributed by atoms with Gasteiger partial charge in [-0.3, -0.25) is 4.57 Å². The number of imidazole rings is 1. The third-order valence-corrected chi connectivity index (χ3v) is 5.00. The van der Waals surface area contributed by atoms with E-state index in [1.54, 1.807) is 6.33 Å². The summed E-state index contributed by atoms with van der Waals surface area (Å²) < 4.78 is 8.25. The Kier molecular flexibility index (Phi) is 4.14. The van der Waals surface area contributed by atoms with E-state index in [0.29, 0.717) is 0 Å². The third kappa shape index (κ3) is 2.90. The minimum Gasteiger partial charge on any atom is -0.358 e. The van der Waals surface area contributed by atoms with Crippen molar-refractivity contribution in [3.63, 3.8) is 0 Å². The molecule has 0 saturated carbocycles.